The Morgan fingerprint density at radius 1 is 1.44 bits per heavy atom. The van der Waals surface area contributed by atoms with Gasteiger partial charge in [0.25, 0.3) is 0 Å². The number of rotatable bonds is 7. The highest BCUT2D eigenvalue weighted by Crippen LogP contribution is 2.20. The van der Waals surface area contributed by atoms with Crippen LogP contribution in [0.2, 0.25) is 0 Å². The smallest absolute Gasteiger partial charge is 0.306 e. The van der Waals surface area contributed by atoms with Gasteiger partial charge in [0, 0.05) is 17.5 Å². The summed E-state index contributed by atoms with van der Waals surface area (Å²) in [5.41, 5.74) is 7.12. The number of ether oxygens (including phenoxy) is 2. The highest BCUT2D eigenvalue weighted by atomic mass is 32.2. The molecule has 0 radical (unpaired) electrons. The van der Waals surface area contributed by atoms with Crippen molar-refractivity contribution in [1.29, 1.82) is 0 Å². The van der Waals surface area contributed by atoms with E-state index in [9.17, 15) is 4.79 Å². The molecule has 1 rings (SSSR count). The largest absolute Gasteiger partial charge is 0.497 e. The Kier molecular flexibility index (Phi) is 6.60. The van der Waals surface area contributed by atoms with E-state index in [2.05, 4.69) is 4.74 Å². The van der Waals surface area contributed by atoms with Crippen LogP contribution in [0, 0.1) is 0 Å². The van der Waals surface area contributed by atoms with Crippen molar-refractivity contribution in [3.05, 3.63) is 29.8 Å². The van der Waals surface area contributed by atoms with Gasteiger partial charge in [0.15, 0.2) is 0 Å². The van der Waals surface area contributed by atoms with Crippen LogP contribution >= 0.6 is 11.8 Å². The van der Waals surface area contributed by atoms with Gasteiger partial charge >= 0.3 is 5.97 Å². The van der Waals surface area contributed by atoms with Gasteiger partial charge in [0.2, 0.25) is 0 Å². The molecule has 0 aliphatic rings. The monoisotopic (exact) mass is 269 g/mol. The molecule has 0 aromatic heterocycles. The average Bonchev–Trinajstić information content (AvgIpc) is 2.43. The third-order valence-electron chi connectivity index (χ3n) is 2.50. The molecule has 1 atom stereocenters. The number of benzene rings is 1. The van der Waals surface area contributed by atoms with E-state index in [1.54, 1.807) is 18.9 Å². The van der Waals surface area contributed by atoms with E-state index in [1.807, 2.05) is 24.3 Å². The molecule has 0 aliphatic heterocycles. The van der Waals surface area contributed by atoms with Crippen LogP contribution in [0.4, 0.5) is 0 Å². The Hall–Kier alpha value is -1.20. The van der Waals surface area contributed by atoms with Crippen molar-refractivity contribution >= 4 is 17.7 Å². The number of hydrogen-bond acceptors (Lipinski definition) is 5. The molecular formula is C13H19NO3S. The van der Waals surface area contributed by atoms with Gasteiger partial charge in [-0.25, -0.2) is 0 Å². The maximum atomic E-state index is 10.9. The van der Waals surface area contributed by atoms with Gasteiger partial charge in [-0.15, -0.1) is 0 Å². The Bertz CT molecular complexity index is 384. The molecule has 0 saturated carbocycles. The van der Waals surface area contributed by atoms with Gasteiger partial charge in [-0.3, -0.25) is 4.79 Å². The summed E-state index contributed by atoms with van der Waals surface area (Å²) in [6.07, 6.45) is 0.423. The van der Waals surface area contributed by atoms with E-state index in [-0.39, 0.29) is 12.0 Å². The molecule has 1 aromatic carbocycles. The first-order chi connectivity index (χ1) is 8.67. The third kappa shape index (κ3) is 4.98. The second-order valence-electron chi connectivity index (χ2n) is 3.78. The van der Waals surface area contributed by atoms with Crippen molar-refractivity contribution in [3.63, 3.8) is 0 Å². The molecule has 0 heterocycles. The van der Waals surface area contributed by atoms with E-state index >= 15 is 0 Å². The van der Waals surface area contributed by atoms with Crippen LogP contribution in [0.5, 0.6) is 5.75 Å². The summed E-state index contributed by atoms with van der Waals surface area (Å²) in [6.45, 7) is 0. The van der Waals surface area contributed by atoms with E-state index in [0.717, 1.165) is 22.8 Å². The molecule has 0 fully saturated rings. The standard InChI is InChI=1S/C13H19NO3S/c1-16-11-5-3-4-10(8-11)12(14)9-18-7-6-13(15)17-2/h3-5,8,12H,6-7,9,14H2,1-2H3. The van der Waals surface area contributed by atoms with Crippen molar-refractivity contribution in [1.82, 2.24) is 0 Å². The minimum absolute atomic E-state index is 0.0530. The summed E-state index contributed by atoms with van der Waals surface area (Å²) in [5, 5.41) is 0. The molecule has 0 aliphatic carbocycles. The zero-order valence-electron chi connectivity index (χ0n) is 10.7. The van der Waals surface area contributed by atoms with Crippen molar-refractivity contribution < 1.29 is 14.3 Å². The lowest BCUT2D eigenvalue weighted by molar-refractivity contribution is -0.140. The summed E-state index contributed by atoms with van der Waals surface area (Å²) in [5.74, 6) is 2.12. The van der Waals surface area contributed by atoms with Crippen molar-refractivity contribution in [2.24, 2.45) is 5.73 Å². The van der Waals surface area contributed by atoms with E-state index in [0.29, 0.717) is 6.42 Å². The Morgan fingerprint density at radius 2 is 2.22 bits per heavy atom. The van der Waals surface area contributed by atoms with Gasteiger partial charge in [0.05, 0.1) is 20.6 Å². The summed E-state index contributed by atoms with van der Waals surface area (Å²) in [4.78, 5) is 10.9. The molecule has 0 bridgehead atoms. The minimum Gasteiger partial charge on any atom is -0.497 e. The van der Waals surface area contributed by atoms with Gasteiger partial charge in [-0.1, -0.05) is 12.1 Å². The van der Waals surface area contributed by atoms with Gasteiger partial charge < -0.3 is 15.2 Å². The highest BCUT2D eigenvalue weighted by Gasteiger charge is 2.08. The van der Waals surface area contributed by atoms with Gasteiger partial charge in [-0.05, 0) is 17.7 Å². The molecule has 1 aromatic rings. The van der Waals surface area contributed by atoms with Gasteiger partial charge in [-0.2, -0.15) is 11.8 Å². The molecule has 0 saturated heterocycles. The topological polar surface area (TPSA) is 61.5 Å². The normalized spacial score (nSPS) is 11.9. The van der Waals surface area contributed by atoms with Crippen LogP contribution < -0.4 is 10.5 Å². The van der Waals surface area contributed by atoms with Crippen LogP contribution in [0.3, 0.4) is 0 Å². The lowest BCUT2D eigenvalue weighted by Gasteiger charge is -2.12. The first-order valence-corrected chi connectivity index (χ1v) is 6.87. The minimum atomic E-state index is -0.183. The second-order valence-corrected chi connectivity index (χ2v) is 4.93. The summed E-state index contributed by atoms with van der Waals surface area (Å²) >= 11 is 1.65. The molecule has 4 nitrogen and oxygen atoms in total. The van der Waals surface area contributed by atoms with Gasteiger partial charge in [0.1, 0.15) is 5.75 Å². The predicted molar refractivity (Wildman–Crippen MR) is 73.9 cm³/mol. The number of methoxy groups -OCH3 is 2. The Labute approximate surface area is 112 Å². The fraction of sp³-hybridized carbons (Fsp3) is 0.462. The van der Waals surface area contributed by atoms with Crippen LogP contribution in [-0.4, -0.2) is 31.7 Å². The summed E-state index contributed by atoms with van der Waals surface area (Å²) in [6, 6.07) is 7.68. The van der Waals surface area contributed by atoms with Crippen LogP contribution in [0.15, 0.2) is 24.3 Å². The lowest BCUT2D eigenvalue weighted by atomic mass is 10.1. The number of thioether (sulfide) groups is 1. The second kappa shape index (κ2) is 8.00. The fourth-order valence-corrected chi connectivity index (χ4v) is 2.36. The zero-order valence-corrected chi connectivity index (χ0v) is 11.5. The van der Waals surface area contributed by atoms with E-state index < -0.39 is 0 Å². The number of carbonyl (C=O) groups excluding carboxylic acids is 1. The lowest BCUT2D eigenvalue weighted by Crippen LogP contribution is -2.13. The number of carbonyl (C=O) groups is 1. The first kappa shape index (κ1) is 14.9. The molecule has 0 spiro atoms. The quantitative estimate of drug-likeness (QED) is 0.606. The van der Waals surface area contributed by atoms with Crippen molar-refractivity contribution in [3.8, 4) is 5.75 Å². The van der Waals surface area contributed by atoms with Crippen LogP contribution in [-0.2, 0) is 9.53 Å². The average molecular weight is 269 g/mol. The molecule has 2 N–H and O–H groups in total. The predicted octanol–water partition coefficient (Wildman–Crippen LogP) is 1.99. The van der Waals surface area contributed by atoms with Crippen LogP contribution in [0.1, 0.15) is 18.0 Å². The molecule has 5 heteroatoms. The third-order valence-corrected chi connectivity index (χ3v) is 3.59. The molecule has 18 heavy (non-hydrogen) atoms. The fourth-order valence-electron chi connectivity index (χ4n) is 1.44. The first-order valence-electron chi connectivity index (χ1n) is 5.71. The van der Waals surface area contributed by atoms with E-state index in [1.165, 1.54) is 7.11 Å². The maximum absolute atomic E-state index is 10.9. The summed E-state index contributed by atoms with van der Waals surface area (Å²) < 4.78 is 9.73. The number of esters is 1. The highest BCUT2D eigenvalue weighted by molar-refractivity contribution is 7.99. The SMILES string of the molecule is COC(=O)CCSCC(N)c1cccc(OC)c1. The summed E-state index contributed by atoms with van der Waals surface area (Å²) in [7, 11) is 3.03. The number of hydrogen-bond donors (Lipinski definition) is 1. The molecular weight excluding hydrogens is 250 g/mol. The van der Waals surface area contributed by atoms with Crippen molar-refractivity contribution in [2.75, 3.05) is 25.7 Å². The zero-order chi connectivity index (χ0) is 13.4. The molecule has 0 amide bonds. The molecule has 1 unspecified atom stereocenters. The number of nitrogens with two attached hydrogens (primary N) is 1. The van der Waals surface area contributed by atoms with E-state index in [4.69, 9.17) is 10.5 Å². The Balaban J connectivity index is 2.35. The Morgan fingerprint density at radius 3 is 2.89 bits per heavy atom. The molecule has 100 valence electrons. The van der Waals surface area contributed by atoms with Crippen LogP contribution in [0.25, 0.3) is 0 Å². The maximum Gasteiger partial charge on any atom is 0.306 e. The van der Waals surface area contributed by atoms with Crippen molar-refractivity contribution in [2.45, 2.75) is 12.5 Å².